The predicted molar refractivity (Wildman–Crippen MR) is 80.6 cm³/mol. The van der Waals surface area contributed by atoms with E-state index in [0.29, 0.717) is 29.7 Å². The van der Waals surface area contributed by atoms with Gasteiger partial charge in [0, 0.05) is 24.3 Å². The van der Waals surface area contributed by atoms with E-state index in [-0.39, 0.29) is 23.0 Å². The highest BCUT2D eigenvalue weighted by Crippen LogP contribution is 2.45. The fourth-order valence-corrected chi connectivity index (χ4v) is 3.28. The molecule has 0 bridgehead atoms. The van der Waals surface area contributed by atoms with Crippen molar-refractivity contribution in [1.29, 1.82) is 5.26 Å². The van der Waals surface area contributed by atoms with E-state index in [1.54, 1.807) is 0 Å². The smallest absolute Gasteiger partial charge is 0.204 e. The summed E-state index contributed by atoms with van der Waals surface area (Å²) in [5, 5.41) is 9.37. The Morgan fingerprint density at radius 3 is 2.71 bits per heavy atom. The van der Waals surface area contributed by atoms with E-state index in [1.807, 2.05) is 0 Å². The molecule has 0 spiro atoms. The van der Waals surface area contributed by atoms with Gasteiger partial charge in [0.05, 0.1) is 5.57 Å². The van der Waals surface area contributed by atoms with Gasteiger partial charge in [0.25, 0.3) is 0 Å². The summed E-state index contributed by atoms with van der Waals surface area (Å²) in [6.45, 7) is 6.26. The number of rotatable bonds is 4. The molecular weight excluding hydrogens is 264 g/mol. The summed E-state index contributed by atoms with van der Waals surface area (Å²) in [4.78, 5) is 12.5. The topological polar surface area (TPSA) is 76.1 Å². The van der Waals surface area contributed by atoms with Gasteiger partial charge in [-0.05, 0) is 11.8 Å². The molecule has 0 fully saturated rings. The molecule has 1 aliphatic heterocycles. The molecule has 0 aromatic carbocycles. The number of hydrogen-bond acceptors (Lipinski definition) is 4. The van der Waals surface area contributed by atoms with Crippen molar-refractivity contribution >= 4 is 5.78 Å². The Kier molecular flexibility index (Phi) is 4.41. The maximum absolute atomic E-state index is 12.5. The molecule has 0 aromatic rings. The number of Topliss-reactive ketones (excluding diaryl/α,β-unsaturated/α-hetero) is 1. The first kappa shape index (κ1) is 15.6. The van der Waals surface area contributed by atoms with Crippen molar-refractivity contribution in [1.82, 2.24) is 0 Å². The standard InChI is InChI=1S/C17H24N2O2/c1-4-5-6-7-11-12(10-18)16(19)21-14-9-17(2,3)8-13(20)15(11)14/h11H,4-9,19H2,1-3H3. The fourth-order valence-electron chi connectivity index (χ4n) is 3.28. The minimum absolute atomic E-state index is 0.103. The van der Waals surface area contributed by atoms with Gasteiger partial charge in [-0.2, -0.15) is 5.26 Å². The summed E-state index contributed by atoms with van der Waals surface area (Å²) < 4.78 is 5.63. The number of hydrogen-bond donors (Lipinski definition) is 1. The molecule has 1 heterocycles. The van der Waals surface area contributed by atoms with Gasteiger partial charge in [0.2, 0.25) is 5.88 Å². The number of nitriles is 1. The number of allylic oxidation sites excluding steroid dienone is 3. The first-order valence-electron chi connectivity index (χ1n) is 7.73. The van der Waals surface area contributed by atoms with E-state index in [2.05, 4.69) is 26.8 Å². The van der Waals surface area contributed by atoms with E-state index in [4.69, 9.17) is 10.5 Å². The molecule has 114 valence electrons. The zero-order chi connectivity index (χ0) is 15.6. The van der Waals surface area contributed by atoms with Crippen molar-refractivity contribution in [3.63, 3.8) is 0 Å². The summed E-state index contributed by atoms with van der Waals surface area (Å²) >= 11 is 0. The molecule has 0 saturated heterocycles. The third-order valence-electron chi connectivity index (χ3n) is 4.29. The maximum atomic E-state index is 12.5. The number of carbonyl (C=O) groups is 1. The van der Waals surface area contributed by atoms with Gasteiger partial charge in [-0.1, -0.05) is 40.0 Å². The van der Waals surface area contributed by atoms with Crippen LogP contribution in [0, 0.1) is 22.7 Å². The van der Waals surface area contributed by atoms with Crippen LogP contribution in [0.2, 0.25) is 0 Å². The average molecular weight is 288 g/mol. The van der Waals surface area contributed by atoms with Crippen LogP contribution in [0.15, 0.2) is 22.8 Å². The van der Waals surface area contributed by atoms with Crippen LogP contribution in [0.25, 0.3) is 0 Å². The SMILES string of the molecule is CCCCCC1C(C#N)=C(N)OC2=C1C(=O)CC(C)(C)C2. The molecule has 0 radical (unpaired) electrons. The summed E-state index contributed by atoms with van der Waals surface area (Å²) in [5.41, 5.74) is 6.95. The van der Waals surface area contributed by atoms with Crippen molar-refractivity contribution in [2.45, 2.75) is 59.3 Å². The van der Waals surface area contributed by atoms with Crippen LogP contribution >= 0.6 is 0 Å². The molecule has 2 rings (SSSR count). The Balaban J connectivity index is 2.35. The van der Waals surface area contributed by atoms with Gasteiger partial charge < -0.3 is 10.5 Å². The lowest BCUT2D eigenvalue weighted by atomic mass is 9.71. The van der Waals surface area contributed by atoms with Gasteiger partial charge in [0.1, 0.15) is 11.8 Å². The quantitative estimate of drug-likeness (QED) is 0.803. The molecule has 2 N–H and O–H groups in total. The number of ether oxygens (including phenoxy) is 1. The van der Waals surface area contributed by atoms with Crippen LogP contribution in [0.5, 0.6) is 0 Å². The highest BCUT2D eigenvalue weighted by atomic mass is 16.5. The largest absolute Gasteiger partial charge is 0.444 e. The highest BCUT2D eigenvalue weighted by molar-refractivity contribution is 5.98. The lowest BCUT2D eigenvalue weighted by Gasteiger charge is -2.37. The second-order valence-electron chi connectivity index (χ2n) is 6.82. The van der Waals surface area contributed by atoms with Gasteiger partial charge in [0.15, 0.2) is 5.78 Å². The van der Waals surface area contributed by atoms with Gasteiger partial charge in [-0.15, -0.1) is 0 Å². The van der Waals surface area contributed by atoms with E-state index in [9.17, 15) is 10.1 Å². The molecular formula is C17H24N2O2. The van der Waals surface area contributed by atoms with Crippen molar-refractivity contribution < 1.29 is 9.53 Å². The van der Waals surface area contributed by atoms with Crippen molar-refractivity contribution in [3.8, 4) is 6.07 Å². The third kappa shape index (κ3) is 3.12. The van der Waals surface area contributed by atoms with Crippen LogP contribution < -0.4 is 5.73 Å². The first-order chi connectivity index (χ1) is 9.89. The summed E-state index contributed by atoms with van der Waals surface area (Å²) in [7, 11) is 0. The molecule has 4 nitrogen and oxygen atoms in total. The fraction of sp³-hybridized carbons (Fsp3) is 0.647. The lowest BCUT2D eigenvalue weighted by Crippen LogP contribution is -2.34. The highest BCUT2D eigenvalue weighted by Gasteiger charge is 2.41. The van der Waals surface area contributed by atoms with Crippen LogP contribution in [-0.2, 0) is 9.53 Å². The molecule has 0 saturated carbocycles. The van der Waals surface area contributed by atoms with E-state index >= 15 is 0 Å². The minimum Gasteiger partial charge on any atom is -0.444 e. The Hall–Kier alpha value is -1.76. The van der Waals surface area contributed by atoms with Crippen LogP contribution in [-0.4, -0.2) is 5.78 Å². The van der Waals surface area contributed by atoms with Crippen LogP contribution in [0.1, 0.15) is 59.3 Å². The normalized spacial score (nSPS) is 24.5. The lowest BCUT2D eigenvalue weighted by molar-refractivity contribution is -0.119. The number of nitrogens with two attached hydrogens (primary N) is 1. The summed E-state index contributed by atoms with van der Waals surface area (Å²) in [5.74, 6) is 0.814. The number of unbranched alkanes of at least 4 members (excludes halogenated alkanes) is 2. The monoisotopic (exact) mass is 288 g/mol. The Morgan fingerprint density at radius 1 is 1.38 bits per heavy atom. The molecule has 0 amide bonds. The van der Waals surface area contributed by atoms with Crippen molar-refractivity contribution in [3.05, 3.63) is 22.8 Å². The first-order valence-corrected chi connectivity index (χ1v) is 7.73. The summed E-state index contributed by atoms with van der Waals surface area (Å²) in [6.07, 6.45) is 5.21. The Morgan fingerprint density at radius 2 is 2.10 bits per heavy atom. The van der Waals surface area contributed by atoms with Crippen molar-refractivity contribution in [2.24, 2.45) is 17.1 Å². The number of carbonyl (C=O) groups excluding carboxylic acids is 1. The van der Waals surface area contributed by atoms with Gasteiger partial charge in [-0.25, -0.2) is 0 Å². The number of nitrogens with zero attached hydrogens (tertiary/aromatic N) is 1. The molecule has 2 aliphatic rings. The molecule has 4 heteroatoms. The van der Waals surface area contributed by atoms with E-state index < -0.39 is 0 Å². The average Bonchev–Trinajstić information content (AvgIpc) is 2.36. The van der Waals surface area contributed by atoms with E-state index in [1.165, 1.54) is 0 Å². The Bertz CT molecular complexity index is 550. The third-order valence-corrected chi connectivity index (χ3v) is 4.29. The maximum Gasteiger partial charge on any atom is 0.204 e. The van der Waals surface area contributed by atoms with E-state index in [0.717, 1.165) is 25.7 Å². The predicted octanol–water partition coefficient (Wildman–Crippen LogP) is 3.55. The Labute approximate surface area is 126 Å². The minimum atomic E-state index is -0.172. The van der Waals surface area contributed by atoms with Crippen molar-refractivity contribution in [2.75, 3.05) is 0 Å². The zero-order valence-electron chi connectivity index (χ0n) is 13.2. The zero-order valence-corrected chi connectivity index (χ0v) is 13.2. The number of ketones is 1. The van der Waals surface area contributed by atoms with Crippen LogP contribution in [0.4, 0.5) is 0 Å². The molecule has 1 unspecified atom stereocenters. The van der Waals surface area contributed by atoms with Gasteiger partial charge in [-0.3, -0.25) is 4.79 Å². The van der Waals surface area contributed by atoms with Gasteiger partial charge >= 0.3 is 0 Å². The molecule has 21 heavy (non-hydrogen) atoms. The molecule has 1 aliphatic carbocycles. The second kappa shape index (κ2) is 5.93. The summed E-state index contributed by atoms with van der Waals surface area (Å²) in [6, 6.07) is 2.15. The van der Waals surface area contributed by atoms with Crippen LogP contribution in [0.3, 0.4) is 0 Å². The molecule has 1 atom stereocenters. The second-order valence-corrected chi connectivity index (χ2v) is 6.82. The molecule has 0 aromatic heterocycles.